The zero-order chi connectivity index (χ0) is 19.1. The fraction of sp³-hybridized carbons (Fsp3) is 0.409. The van der Waals surface area contributed by atoms with Crippen LogP contribution in [0.5, 0.6) is 0 Å². The lowest BCUT2D eigenvalue weighted by Crippen LogP contribution is -2.21. The van der Waals surface area contributed by atoms with Crippen molar-refractivity contribution in [2.45, 2.75) is 38.3 Å². The van der Waals surface area contributed by atoms with Crippen LogP contribution in [0.1, 0.15) is 30.7 Å². The van der Waals surface area contributed by atoms with Crippen molar-refractivity contribution < 1.29 is 9.90 Å². The average molecular weight is 376 g/mol. The Kier molecular flexibility index (Phi) is 4.45. The molecule has 1 aliphatic carbocycles. The molecule has 28 heavy (non-hydrogen) atoms. The number of benzene rings is 1. The van der Waals surface area contributed by atoms with Gasteiger partial charge in [-0.15, -0.1) is 0 Å². The van der Waals surface area contributed by atoms with Crippen LogP contribution in [0, 0.1) is 5.92 Å². The predicted octanol–water partition coefficient (Wildman–Crippen LogP) is 2.48. The van der Waals surface area contributed by atoms with E-state index in [2.05, 4.69) is 39.2 Å². The number of hydrogen-bond donors (Lipinski definition) is 1. The molecule has 0 spiro atoms. The first-order chi connectivity index (χ1) is 13.7. The van der Waals surface area contributed by atoms with Crippen molar-refractivity contribution in [3.05, 3.63) is 53.9 Å². The Morgan fingerprint density at radius 1 is 1.11 bits per heavy atom. The first kappa shape index (κ1) is 17.5. The molecular weight excluding hydrogens is 352 g/mol. The van der Waals surface area contributed by atoms with Gasteiger partial charge in [-0.1, -0.05) is 30.3 Å². The Morgan fingerprint density at radius 3 is 2.64 bits per heavy atom. The summed E-state index contributed by atoms with van der Waals surface area (Å²) in [6.45, 7) is 2.56. The molecule has 0 radical (unpaired) electrons. The summed E-state index contributed by atoms with van der Waals surface area (Å²) >= 11 is 0. The van der Waals surface area contributed by atoms with Gasteiger partial charge in [-0.2, -0.15) is 5.10 Å². The molecule has 3 aromatic rings. The summed E-state index contributed by atoms with van der Waals surface area (Å²) in [5.41, 5.74) is 4.05. The number of fused-ring (bicyclic) bond motifs is 1. The first-order valence-electron chi connectivity index (χ1n) is 10.0. The Hall–Kier alpha value is -2.57. The van der Waals surface area contributed by atoms with Crippen LogP contribution in [0.25, 0.3) is 16.9 Å². The Balaban J connectivity index is 1.37. The molecule has 2 fully saturated rings. The van der Waals surface area contributed by atoms with Crippen LogP contribution >= 0.6 is 0 Å². The van der Waals surface area contributed by atoms with Crippen molar-refractivity contribution in [3.63, 3.8) is 0 Å². The minimum atomic E-state index is -0.190. The molecule has 3 heterocycles. The maximum Gasteiger partial charge on any atom is 0.159 e. The second-order valence-electron chi connectivity index (χ2n) is 8.00. The molecule has 1 N–H and O–H groups in total. The van der Waals surface area contributed by atoms with Crippen LogP contribution in [0.15, 0.2) is 42.5 Å². The molecule has 1 atom stereocenters. The zero-order valence-electron chi connectivity index (χ0n) is 15.8. The number of Topliss-reactive ketones (excluding diaryl/α,β-unsaturated/α-hetero) is 1. The van der Waals surface area contributed by atoms with Crippen molar-refractivity contribution in [1.82, 2.24) is 19.5 Å². The molecule has 0 amide bonds. The molecule has 144 valence electrons. The van der Waals surface area contributed by atoms with Gasteiger partial charge in [0.1, 0.15) is 5.78 Å². The fourth-order valence-corrected chi connectivity index (χ4v) is 3.94. The number of hydrogen-bond acceptors (Lipinski definition) is 5. The van der Waals surface area contributed by atoms with Gasteiger partial charge in [0.2, 0.25) is 0 Å². The van der Waals surface area contributed by atoms with Gasteiger partial charge in [0.15, 0.2) is 11.5 Å². The van der Waals surface area contributed by atoms with E-state index < -0.39 is 0 Å². The molecule has 0 bridgehead atoms. The lowest BCUT2D eigenvalue weighted by molar-refractivity contribution is -0.119. The summed E-state index contributed by atoms with van der Waals surface area (Å²) in [7, 11) is 0. The number of aromatic nitrogens is 3. The third-order valence-corrected chi connectivity index (χ3v) is 5.67. The second-order valence-corrected chi connectivity index (χ2v) is 8.00. The van der Waals surface area contributed by atoms with Crippen molar-refractivity contribution in [2.24, 2.45) is 5.92 Å². The zero-order valence-corrected chi connectivity index (χ0v) is 15.8. The number of pyridine rings is 1. The van der Waals surface area contributed by atoms with Crippen LogP contribution in [-0.4, -0.2) is 49.6 Å². The number of carbonyl (C=O) groups excluding carboxylic acids is 1. The van der Waals surface area contributed by atoms with Crippen LogP contribution in [-0.2, 0) is 17.8 Å². The summed E-state index contributed by atoms with van der Waals surface area (Å²) in [6, 6.07) is 14.4. The maximum atomic E-state index is 12.1. The highest BCUT2D eigenvalue weighted by molar-refractivity contribution is 5.84. The molecule has 1 saturated heterocycles. The highest BCUT2D eigenvalue weighted by Crippen LogP contribution is 2.30. The topological polar surface area (TPSA) is 70.7 Å². The normalized spacial score (nSPS) is 20.1. The lowest BCUT2D eigenvalue weighted by Gasteiger charge is -2.15. The fourth-order valence-electron chi connectivity index (χ4n) is 3.94. The van der Waals surface area contributed by atoms with Crippen LogP contribution < -0.4 is 0 Å². The predicted molar refractivity (Wildman–Crippen MR) is 106 cm³/mol. The number of aliphatic hydroxyl groups excluding tert-OH is 1. The van der Waals surface area contributed by atoms with Gasteiger partial charge in [0.05, 0.1) is 18.2 Å². The van der Waals surface area contributed by atoms with Crippen LogP contribution in [0.4, 0.5) is 0 Å². The van der Waals surface area contributed by atoms with E-state index in [4.69, 9.17) is 0 Å². The van der Waals surface area contributed by atoms with E-state index in [9.17, 15) is 9.90 Å². The molecule has 2 aliphatic rings. The van der Waals surface area contributed by atoms with Gasteiger partial charge in [-0.25, -0.2) is 9.50 Å². The molecule has 6 heteroatoms. The Morgan fingerprint density at radius 2 is 1.93 bits per heavy atom. The van der Waals surface area contributed by atoms with Gasteiger partial charge in [-0.3, -0.25) is 9.69 Å². The molecular formula is C22H24N4O2. The second kappa shape index (κ2) is 7.11. The van der Waals surface area contributed by atoms with E-state index in [1.54, 1.807) is 0 Å². The summed E-state index contributed by atoms with van der Waals surface area (Å²) in [5.74, 6) is 1.10. The summed E-state index contributed by atoms with van der Waals surface area (Å²) < 4.78 is 1.83. The molecule has 6 nitrogen and oxygen atoms in total. The number of β-amino-alcohol motifs (C(OH)–C–C–N with tert-alkyl or cyclic N) is 1. The van der Waals surface area contributed by atoms with E-state index in [1.165, 1.54) is 5.56 Å². The van der Waals surface area contributed by atoms with Gasteiger partial charge >= 0.3 is 0 Å². The monoisotopic (exact) mass is 376 g/mol. The molecule has 1 aliphatic heterocycles. The molecule has 1 saturated carbocycles. The van der Waals surface area contributed by atoms with Gasteiger partial charge in [0, 0.05) is 31.1 Å². The molecule has 1 aromatic carbocycles. The number of aliphatic hydroxyl groups is 1. The quantitative estimate of drug-likeness (QED) is 0.716. The first-order valence-corrected chi connectivity index (χ1v) is 10.0. The van der Waals surface area contributed by atoms with Crippen molar-refractivity contribution in [2.75, 3.05) is 13.1 Å². The van der Waals surface area contributed by atoms with E-state index in [1.807, 2.05) is 22.7 Å². The Labute approximate surface area is 163 Å². The number of rotatable bonds is 6. The van der Waals surface area contributed by atoms with E-state index >= 15 is 0 Å². The SMILES string of the molecule is O=C(Cc1nc2cccc(-c3ccc(CN4CC[C@@H](O)C4)cc3)n2n1)C1CC1. The van der Waals surface area contributed by atoms with Gasteiger partial charge in [0.25, 0.3) is 0 Å². The molecule has 2 aromatic heterocycles. The van der Waals surface area contributed by atoms with E-state index in [0.717, 1.165) is 55.8 Å². The van der Waals surface area contributed by atoms with Gasteiger partial charge in [-0.05, 0) is 37.0 Å². The largest absolute Gasteiger partial charge is 0.392 e. The minimum Gasteiger partial charge on any atom is -0.392 e. The molecule has 5 rings (SSSR count). The maximum absolute atomic E-state index is 12.1. The minimum absolute atomic E-state index is 0.190. The standard InChI is InChI=1S/C22H24N4O2/c27-18-10-11-25(14-18)13-15-4-6-16(7-5-15)19-2-1-3-22-23-21(24-26(19)22)12-20(28)17-8-9-17/h1-7,17-18,27H,8-14H2/t18-/m1/s1. The third-order valence-electron chi connectivity index (χ3n) is 5.67. The number of nitrogens with zero attached hydrogens (tertiary/aromatic N) is 4. The van der Waals surface area contributed by atoms with Crippen molar-refractivity contribution in [3.8, 4) is 11.3 Å². The number of likely N-dealkylation sites (tertiary alicyclic amines) is 1. The number of carbonyl (C=O) groups is 1. The lowest BCUT2D eigenvalue weighted by atomic mass is 10.1. The van der Waals surface area contributed by atoms with Crippen molar-refractivity contribution in [1.29, 1.82) is 0 Å². The highest BCUT2D eigenvalue weighted by Gasteiger charge is 2.30. The smallest absolute Gasteiger partial charge is 0.159 e. The molecule has 0 unspecified atom stereocenters. The van der Waals surface area contributed by atoms with E-state index in [0.29, 0.717) is 12.2 Å². The third kappa shape index (κ3) is 3.57. The van der Waals surface area contributed by atoms with Crippen molar-refractivity contribution >= 4 is 11.4 Å². The summed E-state index contributed by atoms with van der Waals surface area (Å²) in [5, 5.41) is 14.3. The average Bonchev–Trinajstić information content (AvgIpc) is 3.35. The summed E-state index contributed by atoms with van der Waals surface area (Å²) in [4.78, 5) is 18.9. The van der Waals surface area contributed by atoms with Crippen LogP contribution in [0.3, 0.4) is 0 Å². The van der Waals surface area contributed by atoms with E-state index in [-0.39, 0.29) is 17.8 Å². The Bertz CT molecular complexity index is 1010. The van der Waals surface area contributed by atoms with Crippen LogP contribution in [0.2, 0.25) is 0 Å². The highest BCUT2D eigenvalue weighted by atomic mass is 16.3. The van der Waals surface area contributed by atoms with Gasteiger partial charge < -0.3 is 5.11 Å². The number of ketones is 1. The summed E-state index contributed by atoms with van der Waals surface area (Å²) in [6.07, 6.45) is 3.02.